The molecule has 1 aliphatic rings. The van der Waals surface area contributed by atoms with E-state index in [-0.39, 0.29) is 5.41 Å². The highest BCUT2D eigenvalue weighted by Gasteiger charge is 2.30. The average molecular weight is 308 g/mol. The summed E-state index contributed by atoms with van der Waals surface area (Å²) in [5, 5.41) is 0. The van der Waals surface area contributed by atoms with Crippen LogP contribution in [0.15, 0.2) is 18.2 Å². The van der Waals surface area contributed by atoms with Crippen molar-refractivity contribution in [2.75, 3.05) is 19.5 Å². The summed E-state index contributed by atoms with van der Waals surface area (Å²) in [7, 11) is 1.71. The lowest BCUT2D eigenvalue weighted by Gasteiger charge is -2.31. The first-order chi connectivity index (χ1) is 10.2. The molecule has 0 atom stereocenters. The fraction of sp³-hybridized carbons (Fsp3) is 0.667. The van der Waals surface area contributed by atoms with Gasteiger partial charge in [0.05, 0.1) is 13.7 Å². The van der Waals surface area contributed by atoms with Gasteiger partial charge in [0.25, 0.3) is 0 Å². The maximum absolute atomic E-state index is 6.14. The topological polar surface area (TPSA) is 18.5 Å². The van der Waals surface area contributed by atoms with Gasteiger partial charge in [0.1, 0.15) is 0 Å². The molecule has 2 rings (SSSR count). The van der Waals surface area contributed by atoms with Crippen LogP contribution in [0, 0.1) is 5.41 Å². The highest BCUT2D eigenvalue weighted by molar-refractivity contribution is 7.80. The third-order valence-electron chi connectivity index (χ3n) is 4.67. The van der Waals surface area contributed by atoms with Crippen molar-refractivity contribution in [1.82, 2.24) is 0 Å². The third-order valence-corrected chi connectivity index (χ3v) is 5.34. The van der Waals surface area contributed by atoms with E-state index in [1.807, 2.05) is 6.07 Å². The second-order valence-electron chi connectivity index (χ2n) is 6.20. The zero-order valence-corrected chi connectivity index (χ0v) is 14.3. The lowest BCUT2D eigenvalue weighted by Crippen LogP contribution is -2.30. The number of hydrogen-bond acceptors (Lipinski definition) is 3. The van der Waals surface area contributed by atoms with Crippen LogP contribution >= 0.6 is 12.6 Å². The van der Waals surface area contributed by atoms with Crippen molar-refractivity contribution in [1.29, 1.82) is 0 Å². The van der Waals surface area contributed by atoms with Gasteiger partial charge in [-0.05, 0) is 42.7 Å². The van der Waals surface area contributed by atoms with Gasteiger partial charge in [0.15, 0.2) is 11.5 Å². The van der Waals surface area contributed by atoms with Crippen LogP contribution in [-0.2, 0) is 6.42 Å². The Balaban J connectivity index is 2.06. The Kier molecular flexibility index (Phi) is 6.28. The van der Waals surface area contributed by atoms with Crippen LogP contribution in [0.5, 0.6) is 11.5 Å². The van der Waals surface area contributed by atoms with E-state index in [0.29, 0.717) is 0 Å². The molecule has 0 saturated heterocycles. The van der Waals surface area contributed by atoms with Crippen LogP contribution in [0.1, 0.15) is 51.0 Å². The van der Waals surface area contributed by atoms with Crippen molar-refractivity contribution in [3.8, 4) is 11.5 Å². The quantitative estimate of drug-likeness (QED) is 0.595. The van der Waals surface area contributed by atoms with Gasteiger partial charge in [-0.25, -0.2) is 0 Å². The second-order valence-corrected chi connectivity index (χ2v) is 6.52. The van der Waals surface area contributed by atoms with Crippen LogP contribution in [0.3, 0.4) is 0 Å². The zero-order valence-electron chi connectivity index (χ0n) is 13.4. The van der Waals surface area contributed by atoms with Gasteiger partial charge < -0.3 is 9.47 Å². The summed E-state index contributed by atoms with van der Waals surface area (Å²) in [6.45, 7) is 2.90. The maximum atomic E-state index is 6.14. The molecule has 21 heavy (non-hydrogen) atoms. The molecule has 1 fully saturated rings. The summed E-state index contributed by atoms with van der Waals surface area (Å²) in [6, 6.07) is 6.24. The van der Waals surface area contributed by atoms with Gasteiger partial charge in [-0.2, -0.15) is 12.6 Å². The Morgan fingerprint density at radius 2 is 1.81 bits per heavy atom. The molecule has 0 amide bonds. The molecule has 0 bridgehead atoms. The van der Waals surface area contributed by atoms with Crippen molar-refractivity contribution in [3.05, 3.63) is 23.8 Å². The molecular weight excluding hydrogens is 280 g/mol. The van der Waals surface area contributed by atoms with Gasteiger partial charge in [0.2, 0.25) is 0 Å². The number of benzene rings is 1. The predicted octanol–water partition coefficient (Wildman–Crippen LogP) is 4.91. The number of thiol groups is 1. The molecule has 1 aliphatic carbocycles. The minimum Gasteiger partial charge on any atom is -0.493 e. The van der Waals surface area contributed by atoms with E-state index in [1.165, 1.54) is 44.1 Å². The standard InChI is InChI=1S/C18H28O2S/c1-3-15-8-9-16(17(12-15)19-2)20-13-18(14-21)10-6-4-5-7-11-18/h8-9,12,21H,3-7,10-11,13-14H2,1-2H3. The van der Waals surface area contributed by atoms with E-state index < -0.39 is 0 Å². The monoisotopic (exact) mass is 308 g/mol. The van der Waals surface area contributed by atoms with E-state index in [0.717, 1.165) is 30.3 Å². The Morgan fingerprint density at radius 1 is 1.10 bits per heavy atom. The van der Waals surface area contributed by atoms with E-state index in [1.54, 1.807) is 7.11 Å². The van der Waals surface area contributed by atoms with Crippen LogP contribution in [-0.4, -0.2) is 19.5 Å². The Morgan fingerprint density at radius 3 is 2.38 bits per heavy atom. The van der Waals surface area contributed by atoms with Crippen LogP contribution < -0.4 is 9.47 Å². The molecule has 118 valence electrons. The summed E-state index contributed by atoms with van der Waals surface area (Å²) in [4.78, 5) is 0. The number of rotatable bonds is 6. The van der Waals surface area contributed by atoms with Crippen LogP contribution in [0.25, 0.3) is 0 Å². The van der Waals surface area contributed by atoms with Crippen LogP contribution in [0.2, 0.25) is 0 Å². The lowest BCUT2D eigenvalue weighted by atomic mass is 9.83. The molecule has 0 heterocycles. The smallest absolute Gasteiger partial charge is 0.161 e. The fourth-order valence-electron chi connectivity index (χ4n) is 3.11. The summed E-state index contributed by atoms with van der Waals surface area (Å²) in [6.07, 6.45) is 8.77. The van der Waals surface area contributed by atoms with Crippen molar-refractivity contribution in [3.63, 3.8) is 0 Å². The average Bonchev–Trinajstić information content (AvgIpc) is 2.79. The zero-order chi connectivity index (χ0) is 15.1. The molecule has 0 aromatic heterocycles. The van der Waals surface area contributed by atoms with Crippen molar-refractivity contribution in [2.24, 2.45) is 5.41 Å². The summed E-state index contributed by atoms with van der Waals surface area (Å²) in [5.74, 6) is 2.61. The molecule has 0 radical (unpaired) electrons. The van der Waals surface area contributed by atoms with E-state index in [2.05, 4.69) is 31.7 Å². The van der Waals surface area contributed by atoms with Gasteiger partial charge in [-0.15, -0.1) is 0 Å². The summed E-state index contributed by atoms with van der Waals surface area (Å²) < 4.78 is 11.6. The molecule has 0 unspecified atom stereocenters. The number of ether oxygens (including phenoxy) is 2. The Bertz CT molecular complexity index is 437. The Labute approximate surface area is 134 Å². The van der Waals surface area contributed by atoms with Crippen LogP contribution in [0.4, 0.5) is 0 Å². The third kappa shape index (κ3) is 4.32. The van der Waals surface area contributed by atoms with Gasteiger partial charge >= 0.3 is 0 Å². The normalized spacial score (nSPS) is 18.0. The number of methoxy groups -OCH3 is 1. The Hall–Kier alpha value is -0.830. The summed E-state index contributed by atoms with van der Waals surface area (Å²) >= 11 is 4.61. The van der Waals surface area contributed by atoms with Crippen molar-refractivity contribution in [2.45, 2.75) is 51.9 Å². The molecule has 1 saturated carbocycles. The maximum Gasteiger partial charge on any atom is 0.161 e. The SMILES string of the molecule is CCc1ccc(OCC2(CS)CCCCCC2)c(OC)c1. The van der Waals surface area contributed by atoms with Gasteiger partial charge in [-0.3, -0.25) is 0 Å². The number of hydrogen-bond donors (Lipinski definition) is 1. The molecule has 3 heteroatoms. The minimum absolute atomic E-state index is 0.230. The van der Waals surface area contributed by atoms with E-state index in [4.69, 9.17) is 9.47 Å². The molecular formula is C18H28O2S. The molecule has 0 spiro atoms. The first kappa shape index (κ1) is 16.5. The van der Waals surface area contributed by atoms with Gasteiger partial charge in [0, 0.05) is 5.41 Å². The van der Waals surface area contributed by atoms with E-state index in [9.17, 15) is 0 Å². The highest BCUT2D eigenvalue weighted by Crippen LogP contribution is 2.38. The van der Waals surface area contributed by atoms with Crippen molar-refractivity contribution < 1.29 is 9.47 Å². The van der Waals surface area contributed by atoms with E-state index >= 15 is 0 Å². The second kappa shape index (κ2) is 7.98. The summed E-state index contributed by atoms with van der Waals surface area (Å²) in [5.41, 5.74) is 1.51. The van der Waals surface area contributed by atoms with Crippen molar-refractivity contribution >= 4 is 12.6 Å². The molecule has 1 aromatic rings. The highest BCUT2D eigenvalue weighted by atomic mass is 32.1. The molecule has 0 N–H and O–H groups in total. The first-order valence-electron chi connectivity index (χ1n) is 8.13. The van der Waals surface area contributed by atoms with Gasteiger partial charge in [-0.1, -0.05) is 38.7 Å². The molecule has 1 aromatic carbocycles. The largest absolute Gasteiger partial charge is 0.493 e. The lowest BCUT2D eigenvalue weighted by molar-refractivity contribution is 0.144. The fourth-order valence-corrected chi connectivity index (χ4v) is 3.52. The number of aryl methyl sites for hydroxylation is 1. The molecule has 0 aliphatic heterocycles. The predicted molar refractivity (Wildman–Crippen MR) is 91.9 cm³/mol. The first-order valence-corrected chi connectivity index (χ1v) is 8.77. The minimum atomic E-state index is 0.230. The molecule has 2 nitrogen and oxygen atoms in total.